The molecule has 7 nitrogen and oxygen atoms in total. The molecule has 0 aliphatic carbocycles. The predicted molar refractivity (Wildman–Crippen MR) is 79.5 cm³/mol. The fraction of sp³-hybridized carbons (Fsp3) is 0.250. The molecule has 23 heavy (non-hydrogen) atoms. The molecule has 0 radical (unpaired) electrons. The Morgan fingerprint density at radius 1 is 1.43 bits per heavy atom. The van der Waals surface area contributed by atoms with Gasteiger partial charge in [0, 0.05) is 19.2 Å². The number of carboxylic acid groups (broad SMARTS) is 1. The number of carbonyl (C=O) groups excluding carboxylic acids is 1. The van der Waals surface area contributed by atoms with E-state index in [2.05, 4.69) is 4.98 Å². The zero-order chi connectivity index (χ0) is 16.6. The lowest BCUT2D eigenvalue weighted by Crippen LogP contribution is -2.41. The van der Waals surface area contributed by atoms with Gasteiger partial charge in [-0.15, -0.1) is 0 Å². The van der Waals surface area contributed by atoms with Crippen LogP contribution >= 0.6 is 0 Å². The van der Waals surface area contributed by atoms with Crippen LogP contribution in [0.5, 0.6) is 0 Å². The molecule has 1 aromatic heterocycles. The van der Waals surface area contributed by atoms with Gasteiger partial charge in [-0.05, 0) is 18.2 Å². The second kappa shape index (κ2) is 5.57. The van der Waals surface area contributed by atoms with Crippen molar-refractivity contribution in [1.82, 2.24) is 14.5 Å². The van der Waals surface area contributed by atoms with Crippen LogP contribution in [0.1, 0.15) is 33.2 Å². The molecular weight excluding hydrogens is 296 g/mol. The number of aromatic nitrogens is 2. The molecule has 116 valence electrons. The van der Waals surface area contributed by atoms with Crippen molar-refractivity contribution < 1.29 is 14.7 Å². The summed E-state index contributed by atoms with van der Waals surface area (Å²) >= 11 is 0. The molecule has 0 saturated carbocycles. The minimum atomic E-state index is -0.988. The summed E-state index contributed by atoms with van der Waals surface area (Å²) in [5, 5.41) is 18.4. The summed E-state index contributed by atoms with van der Waals surface area (Å²) in [5.41, 5.74) is 1.98. The fourth-order valence-corrected chi connectivity index (χ4v) is 2.86. The molecule has 1 N–H and O–H groups in total. The Balaban J connectivity index is 1.94. The predicted octanol–water partition coefficient (Wildman–Crippen LogP) is 1.12. The van der Waals surface area contributed by atoms with Gasteiger partial charge in [-0.25, -0.2) is 4.98 Å². The highest BCUT2D eigenvalue weighted by Crippen LogP contribution is 2.28. The highest BCUT2D eigenvalue weighted by molar-refractivity contribution is 5.95. The number of nitrogens with zero attached hydrogens (tertiary/aromatic N) is 4. The molecule has 1 aliphatic heterocycles. The van der Waals surface area contributed by atoms with Gasteiger partial charge in [0.1, 0.15) is 5.92 Å². The van der Waals surface area contributed by atoms with Crippen LogP contribution in [0.25, 0.3) is 0 Å². The topological polar surface area (TPSA) is 99.2 Å². The third kappa shape index (κ3) is 2.55. The number of hydrogen-bond acceptors (Lipinski definition) is 4. The van der Waals surface area contributed by atoms with E-state index in [9.17, 15) is 14.7 Å². The van der Waals surface area contributed by atoms with Crippen molar-refractivity contribution in [3.63, 3.8) is 0 Å². The molecule has 0 spiro atoms. The Labute approximate surface area is 132 Å². The number of amides is 1. The molecule has 1 amide bonds. The summed E-state index contributed by atoms with van der Waals surface area (Å²) in [4.78, 5) is 29.9. The summed E-state index contributed by atoms with van der Waals surface area (Å²) in [5.74, 6) is -2.10. The van der Waals surface area contributed by atoms with Gasteiger partial charge in [0.15, 0.2) is 0 Å². The van der Waals surface area contributed by atoms with Crippen molar-refractivity contribution in [1.29, 1.82) is 5.26 Å². The van der Waals surface area contributed by atoms with Crippen LogP contribution in [0.4, 0.5) is 0 Å². The van der Waals surface area contributed by atoms with Crippen LogP contribution < -0.4 is 0 Å². The van der Waals surface area contributed by atoms with Gasteiger partial charge >= 0.3 is 5.97 Å². The van der Waals surface area contributed by atoms with Crippen LogP contribution in [0.2, 0.25) is 0 Å². The van der Waals surface area contributed by atoms with Crippen molar-refractivity contribution >= 4 is 11.9 Å². The Bertz CT molecular complexity index is 834. The second-order valence-corrected chi connectivity index (χ2v) is 5.46. The third-order valence-corrected chi connectivity index (χ3v) is 3.96. The lowest BCUT2D eigenvalue weighted by Gasteiger charge is -2.31. The molecule has 3 rings (SSSR count). The van der Waals surface area contributed by atoms with Gasteiger partial charge in [-0.3, -0.25) is 9.59 Å². The van der Waals surface area contributed by atoms with E-state index < -0.39 is 11.9 Å². The summed E-state index contributed by atoms with van der Waals surface area (Å²) in [7, 11) is 1.75. The van der Waals surface area contributed by atoms with Gasteiger partial charge in [-0.1, -0.05) is 6.07 Å². The molecule has 1 atom stereocenters. The molecule has 2 heterocycles. The SMILES string of the molecule is Cn1cnc2c1C(C(=O)O)CN(C(=O)c1cccc(C#N)c1)C2. The number of hydrogen-bond donors (Lipinski definition) is 1. The minimum Gasteiger partial charge on any atom is -0.481 e. The number of imidazole rings is 1. The number of aliphatic carboxylic acids is 1. The lowest BCUT2D eigenvalue weighted by molar-refractivity contribution is -0.139. The van der Waals surface area contributed by atoms with Crippen molar-refractivity contribution in [2.45, 2.75) is 12.5 Å². The van der Waals surface area contributed by atoms with Gasteiger partial charge in [0.05, 0.1) is 35.9 Å². The van der Waals surface area contributed by atoms with Crippen LogP contribution in [-0.2, 0) is 18.4 Å². The van der Waals surface area contributed by atoms with Gasteiger partial charge in [0.25, 0.3) is 5.91 Å². The number of benzene rings is 1. The van der Waals surface area contributed by atoms with Crippen LogP contribution in [0, 0.1) is 11.3 Å². The van der Waals surface area contributed by atoms with E-state index in [-0.39, 0.29) is 19.0 Å². The normalized spacial score (nSPS) is 16.5. The molecule has 0 fully saturated rings. The Kier molecular flexibility index (Phi) is 3.58. The summed E-state index contributed by atoms with van der Waals surface area (Å²) in [6, 6.07) is 8.37. The van der Waals surface area contributed by atoms with E-state index in [0.717, 1.165) is 0 Å². The van der Waals surface area contributed by atoms with Crippen LogP contribution in [-0.4, -0.2) is 38.0 Å². The van der Waals surface area contributed by atoms with Crippen LogP contribution in [0.3, 0.4) is 0 Å². The molecule has 1 aliphatic rings. The Morgan fingerprint density at radius 2 is 2.22 bits per heavy atom. The van der Waals surface area contributed by atoms with E-state index in [0.29, 0.717) is 22.5 Å². The molecule has 2 aromatic rings. The standard InChI is InChI=1S/C16H14N4O3/c1-19-9-18-13-8-20(7-12(14(13)19)16(22)23)15(21)11-4-2-3-10(5-11)6-17/h2-5,9,12H,7-8H2,1H3,(H,22,23). The third-order valence-electron chi connectivity index (χ3n) is 3.96. The van der Waals surface area contributed by atoms with E-state index in [1.165, 1.54) is 11.0 Å². The molecule has 1 unspecified atom stereocenters. The average molecular weight is 310 g/mol. The van der Waals surface area contributed by atoms with Gasteiger partial charge in [-0.2, -0.15) is 5.26 Å². The van der Waals surface area contributed by atoms with E-state index in [1.54, 1.807) is 36.1 Å². The largest absolute Gasteiger partial charge is 0.481 e. The van der Waals surface area contributed by atoms with Crippen LogP contribution in [0.15, 0.2) is 30.6 Å². The summed E-state index contributed by atoms with van der Waals surface area (Å²) in [6.45, 7) is 0.340. The summed E-state index contributed by atoms with van der Waals surface area (Å²) in [6.07, 6.45) is 1.56. The maximum atomic E-state index is 12.6. The minimum absolute atomic E-state index is 0.0808. The number of aryl methyl sites for hydroxylation is 1. The summed E-state index contributed by atoms with van der Waals surface area (Å²) < 4.78 is 1.69. The highest BCUT2D eigenvalue weighted by Gasteiger charge is 2.35. The first kappa shape index (κ1) is 14.8. The number of nitriles is 1. The zero-order valence-corrected chi connectivity index (χ0v) is 12.4. The molecule has 7 heteroatoms. The second-order valence-electron chi connectivity index (χ2n) is 5.46. The quantitative estimate of drug-likeness (QED) is 0.896. The monoisotopic (exact) mass is 310 g/mol. The molecule has 0 bridgehead atoms. The smallest absolute Gasteiger partial charge is 0.314 e. The van der Waals surface area contributed by atoms with Crippen molar-refractivity contribution in [2.75, 3.05) is 6.54 Å². The first-order valence-electron chi connectivity index (χ1n) is 7.03. The first-order chi connectivity index (χ1) is 11.0. The van der Waals surface area contributed by atoms with E-state index in [4.69, 9.17) is 5.26 Å². The average Bonchev–Trinajstić information content (AvgIpc) is 2.94. The molecule has 1 aromatic carbocycles. The Hall–Kier alpha value is -3.14. The van der Waals surface area contributed by atoms with Gasteiger partial charge in [0.2, 0.25) is 0 Å². The number of rotatable bonds is 2. The lowest BCUT2D eigenvalue weighted by atomic mass is 9.97. The highest BCUT2D eigenvalue weighted by atomic mass is 16.4. The van der Waals surface area contributed by atoms with Crippen molar-refractivity contribution in [2.24, 2.45) is 7.05 Å². The fourth-order valence-electron chi connectivity index (χ4n) is 2.86. The number of carboxylic acids is 1. The maximum Gasteiger partial charge on any atom is 0.314 e. The Morgan fingerprint density at radius 3 is 2.91 bits per heavy atom. The molecule has 0 saturated heterocycles. The molecular formula is C16H14N4O3. The van der Waals surface area contributed by atoms with Crippen molar-refractivity contribution in [3.8, 4) is 6.07 Å². The van der Waals surface area contributed by atoms with E-state index >= 15 is 0 Å². The van der Waals surface area contributed by atoms with Crippen molar-refractivity contribution in [3.05, 3.63) is 53.1 Å². The number of fused-ring (bicyclic) bond motifs is 1. The first-order valence-corrected chi connectivity index (χ1v) is 7.03. The van der Waals surface area contributed by atoms with E-state index in [1.807, 2.05) is 6.07 Å². The zero-order valence-electron chi connectivity index (χ0n) is 12.4. The number of carbonyl (C=O) groups is 2. The maximum absolute atomic E-state index is 12.6. The van der Waals surface area contributed by atoms with Gasteiger partial charge < -0.3 is 14.6 Å².